The van der Waals surface area contributed by atoms with E-state index in [1.165, 1.54) is 11.1 Å². The minimum atomic E-state index is -0.152. The third-order valence-corrected chi connectivity index (χ3v) is 5.52. The van der Waals surface area contributed by atoms with Gasteiger partial charge in [-0.15, -0.1) is 0 Å². The van der Waals surface area contributed by atoms with Crippen molar-refractivity contribution in [1.29, 1.82) is 0 Å². The van der Waals surface area contributed by atoms with Crippen LogP contribution >= 0.6 is 0 Å². The number of anilines is 1. The van der Waals surface area contributed by atoms with Crippen LogP contribution in [0.1, 0.15) is 67.2 Å². The molecule has 0 heterocycles. The highest BCUT2D eigenvalue weighted by Gasteiger charge is 2.24. The predicted molar refractivity (Wildman–Crippen MR) is 118 cm³/mol. The molecule has 0 saturated heterocycles. The minimum absolute atomic E-state index is 0. The van der Waals surface area contributed by atoms with Crippen LogP contribution in [0.2, 0.25) is 0 Å². The van der Waals surface area contributed by atoms with Gasteiger partial charge in [-0.05, 0) is 67.5 Å². The van der Waals surface area contributed by atoms with Crippen LogP contribution in [0.5, 0.6) is 11.5 Å². The Kier molecular flexibility index (Phi) is 7.68. The van der Waals surface area contributed by atoms with Gasteiger partial charge in [0.15, 0.2) is 11.5 Å². The van der Waals surface area contributed by atoms with E-state index in [1.54, 1.807) is 26.4 Å². The van der Waals surface area contributed by atoms with Gasteiger partial charge in [-0.1, -0.05) is 34.3 Å². The van der Waals surface area contributed by atoms with E-state index in [1.807, 2.05) is 13.0 Å². The minimum Gasteiger partial charge on any atom is -0.493 e. The third-order valence-electron chi connectivity index (χ3n) is 5.52. The number of nitrogens with one attached hydrogen (secondary N) is 1. The maximum Gasteiger partial charge on any atom is 0.256 e. The van der Waals surface area contributed by atoms with Gasteiger partial charge in [-0.2, -0.15) is 0 Å². The number of hydrogen-bond acceptors (Lipinski definition) is 3. The van der Waals surface area contributed by atoms with Gasteiger partial charge >= 0.3 is 0 Å². The van der Waals surface area contributed by atoms with Gasteiger partial charge in [0, 0.05) is 16.8 Å². The molecule has 0 aliphatic heterocycles. The Bertz CT molecular complexity index is 853. The van der Waals surface area contributed by atoms with E-state index in [-0.39, 0.29) is 18.7 Å². The number of hydrogen-bond donors (Lipinski definition) is 1. The molecule has 0 atom stereocenters. The standard InChI is InChI=1S/C23H31NO3.CH4/c1-9-23(5,6)20-14(2)10-12-18(16(20)4)24-22(25)17-11-13-19(26-7)21(27-8)15(17)3;/h10-13H,9H2,1-8H3,(H,24,25);1H4. The van der Waals surface area contributed by atoms with E-state index in [0.717, 1.165) is 23.2 Å². The lowest BCUT2D eigenvalue weighted by molar-refractivity contribution is 0.102. The van der Waals surface area contributed by atoms with E-state index < -0.39 is 0 Å². The number of aryl methyl sites for hydroxylation is 1. The van der Waals surface area contributed by atoms with E-state index in [2.05, 4.69) is 46.0 Å². The fraction of sp³-hybridized carbons (Fsp3) is 0.458. The third kappa shape index (κ3) is 4.32. The predicted octanol–water partition coefficient (Wildman–Crippen LogP) is 6.21. The smallest absolute Gasteiger partial charge is 0.256 e. The molecule has 1 N–H and O–H groups in total. The van der Waals surface area contributed by atoms with E-state index >= 15 is 0 Å². The maximum atomic E-state index is 13.0. The van der Waals surface area contributed by atoms with E-state index in [4.69, 9.17) is 9.47 Å². The van der Waals surface area contributed by atoms with Crippen LogP contribution in [0.25, 0.3) is 0 Å². The van der Waals surface area contributed by atoms with Gasteiger partial charge in [-0.3, -0.25) is 4.79 Å². The number of benzene rings is 2. The zero-order chi connectivity index (χ0) is 20.4. The summed E-state index contributed by atoms with van der Waals surface area (Å²) in [6.07, 6.45) is 1.03. The number of carbonyl (C=O) groups excluding carboxylic acids is 1. The fourth-order valence-corrected chi connectivity index (χ4v) is 3.72. The average Bonchev–Trinajstić information content (AvgIpc) is 2.63. The first-order chi connectivity index (χ1) is 12.7. The van der Waals surface area contributed by atoms with Gasteiger partial charge in [0.2, 0.25) is 0 Å². The van der Waals surface area contributed by atoms with Crippen LogP contribution in [0.4, 0.5) is 5.69 Å². The highest BCUT2D eigenvalue weighted by Crippen LogP contribution is 2.36. The molecule has 4 nitrogen and oxygen atoms in total. The van der Waals surface area contributed by atoms with Crippen LogP contribution in [-0.2, 0) is 5.41 Å². The Morgan fingerprint density at radius 1 is 1.00 bits per heavy atom. The quantitative estimate of drug-likeness (QED) is 0.643. The number of rotatable bonds is 6. The highest BCUT2D eigenvalue weighted by atomic mass is 16.5. The van der Waals surface area contributed by atoms with Crippen LogP contribution in [0.3, 0.4) is 0 Å². The number of carbonyl (C=O) groups is 1. The van der Waals surface area contributed by atoms with Crippen molar-refractivity contribution in [2.45, 2.75) is 60.8 Å². The lowest BCUT2D eigenvalue weighted by Gasteiger charge is -2.29. The Morgan fingerprint density at radius 2 is 1.64 bits per heavy atom. The number of ether oxygens (including phenoxy) is 2. The summed E-state index contributed by atoms with van der Waals surface area (Å²) >= 11 is 0. The molecule has 1 amide bonds. The van der Waals surface area contributed by atoms with Crippen molar-refractivity contribution in [3.63, 3.8) is 0 Å². The zero-order valence-corrected chi connectivity index (χ0v) is 17.7. The van der Waals surface area contributed by atoms with Crippen LogP contribution in [-0.4, -0.2) is 20.1 Å². The summed E-state index contributed by atoms with van der Waals surface area (Å²) in [4.78, 5) is 13.0. The first-order valence-electron chi connectivity index (χ1n) is 9.31. The molecule has 2 aromatic carbocycles. The molecular formula is C24H35NO3. The molecule has 0 saturated carbocycles. The maximum absolute atomic E-state index is 13.0. The SMILES string of the molecule is C.CCC(C)(C)c1c(C)ccc(NC(=O)c2ccc(OC)c(OC)c2C)c1C. The van der Waals surface area contributed by atoms with Gasteiger partial charge in [0.1, 0.15) is 0 Å². The van der Waals surface area contributed by atoms with Crippen molar-refractivity contribution in [3.8, 4) is 11.5 Å². The largest absolute Gasteiger partial charge is 0.493 e. The molecule has 28 heavy (non-hydrogen) atoms. The number of amides is 1. The number of methoxy groups -OCH3 is 2. The van der Waals surface area contributed by atoms with Crippen LogP contribution < -0.4 is 14.8 Å². The van der Waals surface area contributed by atoms with Crippen molar-refractivity contribution >= 4 is 11.6 Å². The Labute approximate surface area is 170 Å². The summed E-state index contributed by atoms with van der Waals surface area (Å²) in [7, 11) is 3.17. The highest BCUT2D eigenvalue weighted by molar-refractivity contribution is 6.06. The monoisotopic (exact) mass is 385 g/mol. The molecule has 0 aromatic heterocycles. The second kappa shape index (κ2) is 9.13. The summed E-state index contributed by atoms with van der Waals surface area (Å²) in [5.74, 6) is 1.05. The molecular weight excluding hydrogens is 350 g/mol. The summed E-state index contributed by atoms with van der Waals surface area (Å²) in [6, 6.07) is 7.59. The lowest BCUT2D eigenvalue weighted by Crippen LogP contribution is -2.21. The topological polar surface area (TPSA) is 47.6 Å². The van der Waals surface area contributed by atoms with E-state index in [0.29, 0.717) is 17.1 Å². The Morgan fingerprint density at radius 3 is 2.18 bits per heavy atom. The first-order valence-corrected chi connectivity index (χ1v) is 9.31. The second-order valence-electron chi connectivity index (χ2n) is 7.60. The van der Waals surface area contributed by atoms with Crippen LogP contribution in [0, 0.1) is 20.8 Å². The molecule has 0 radical (unpaired) electrons. The first kappa shape index (κ1) is 23.5. The molecule has 0 bridgehead atoms. The van der Waals surface area contributed by atoms with Gasteiger partial charge in [0.05, 0.1) is 14.2 Å². The lowest BCUT2D eigenvalue weighted by atomic mass is 9.77. The molecule has 4 heteroatoms. The molecule has 0 aliphatic carbocycles. The van der Waals surface area contributed by atoms with Gasteiger partial charge < -0.3 is 14.8 Å². The van der Waals surface area contributed by atoms with Crippen molar-refractivity contribution < 1.29 is 14.3 Å². The summed E-state index contributed by atoms with van der Waals surface area (Å²) in [6.45, 7) is 12.8. The molecule has 0 unspecified atom stereocenters. The van der Waals surface area contributed by atoms with Crippen molar-refractivity contribution in [2.75, 3.05) is 19.5 Å². The van der Waals surface area contributed by atoms with Gasteiger partial charge in [-0.25, -0.2) is 0 Å². The van der Waals surface area contributed by atoms with Crippen LogP contribution in [0.15, 0.2) is 24.3 Å². The molecule has 0 aliphatic rings. The molecule has 154 valence electrons. The average molecular weight is 386 g/mol. The molecule has 2 aromatic rings. The van der Waals surface area contributed by atoms with Gasteiger partial charge in [0.25, 0.3) is 5.91 Å². The second-order valence-corrected chi connectivity index (χ2v) is 7.60. The summed E-state index contributed by atoms with van der Waals surface area (Å²) < 4.78 is 10.7. The summed E-state index contributed by atoms with van der Waals surface area (Å²) in [5, 5.41) is 3.08. The fourth-order valence-electron chi connectivity index (χ4n) is 3.72. The van der Waals surface area contributed by atoms with Crippen molar-refractivity contribution in [1.82, 2.24) is 0 Å². The zero-order valence-electron chi connectivity index (χ0n) is 17.7. The summed E-state index contributed by atoms with van der Waals surface area (Å²) in [5.41, 5.74) is 5.89. The molecule has 0 fully saturated rings. The van der Waals surface area contributed by atoms with E-state index in [9.17, 15) is 4.79 Å². The Balaban J connectivity index is 0.00000392. The van der Waals surface area contributed by atoms with Crippen molar-refractivity contribution in [2.24, 2.45) is 0 Å². The molecule has 2 rings (SSSR count). The Hall–Kier alpha value is -2.49. The normalized spacial score (nSPS) is 10.9. The molecule has 0 spiro atoms. The van der Waals surface area contributed by atoms with Crippen molar-refractivity contribution in [3.05, 3.63) is 52.1 Å².